The van der Waals surface area contributed by atoms with E-state index in [2.05, 4.69) is 5.32 Å². The van der Waals surface area contributed by atoms with Gasteiger partial charge in [-0.25, -0.2) is 4.39 Å². The van der Waals surface area contributed by atoms with Gasteiger partial charge in [0.05, 0.1) is 4.91 Å². The average Bonchev–Trinajstić information content (AvgIpc) is 3.34. The van der Waals surface area contributed by atoms with Gasteiger partial charge in [-0.2, -0.15) is 0 Å². The molecule has 1 saturated heterocycles. The van der Waals surface area contributed by atoms with Gasteiger partial charge in [-0.3, -0.25) is 14.5 Å². The predicted molar refractivity (Wildman–Crippen MR) is 127 cm³/mol. The summed E-state index contributed by atoms with van der Waals surface area (Å²) in [5.74, 6) is 0.0670. The highest BCUT2D eigenvalue weighted by Crippen LogP contribution is 2.33. The van der Waals surface area contributed by atoms with E-state index < -0.39 is 0 Å². The van der Waals surface area contributed by atoms with Crippen LogP contribution in [-0.2, 0) is 16.1 Å². The third-order valence-electron chi connectivity index (χ3n) is 4.61. The molecule has 9 heteroatoms. The minimum atomic E-state index is -0.366. The molecule has 1 fully saturated rings. The maximum Gasteiger partial charge on any atom is 0.266 e. The number of thioether (sulfide) groups is 1. The predicted octanol–water partition coefficient (Wildman–Crippen LogP) is 5.26. The van der Waals surface area contributed by atoms with Crippen molar-refractivity contribution in [3.8, 4) is 11.3 Å². The minimum Gasteiger partial charge on any atom is -0.457 e. The van der Waals surface area contributed by atoms with Gasteiger partial charge in [0, 0.05) is 23.2 Å². The number of nitrogens with zero attached hydrogens (tertiary/aromatic N) is 1. The van der Waals surface area contributed by atoms with Crippen molar-refractivity contribution < 1.29 is 18.4 Å². The fourth-order valence-corrected chi connectivity index (χ4v) is 4.33. The second kappa shape index (κ2) is 9.68. The summed E-state index contributed by atoms with van der Waals surface area (Å²) in [6.45, 7) is 0.0288. The van der Waals surface area contributed by atoms with Gasteiger partial charge in [0.15, 0.2) is 0 Å². The SMILES string of the molecule is O=C(CN1C(=O)/C(=C/c2ccc(-c3ccc(Cl)cc3)o2)SC1=S)NCc1ccc(F)cc1. The van der Waals surface area contributed by atoms with Crippen molar-refractivity contribution in [2.75, 3.05) is 6.54 Å². The number of carbonyl (C=O) groups is 2. The molecule has 162 valence electrons. The summed E-state index contributed by atoms with van der Waals surface area (Å²) in [6, 6.07) is 16.6. The van der Waals surface area contributed by atoms with Crippen LogP contribution in [0.3, 0.4) is 0 Å². The molecule has 1 aromatic heterocycles. The van der Waals surface area contributed by atoms with Gasteiger partial charge in [-0.1, -0.05) is 47.7 Å². The van der Waals surface area contributed by atoms with Gasteiger partial charge in [0.25, 0.3) is 5.91 Å². The second-order valence-electron chi connectivity index (χ2n) is 6.88. The summed E-state index contributed by atoms with van der Waals surface area (Å²) in [4.78, 5) is 26.7. The van der Waals surface area contributed by atoms with Gasteiger partial charge in [-0.05, 0) is 54.1 Å². The molecule has 0 atom stereocenters. The summed E-state index contributed by atoms with van der Waals surface area (Å²) < 4.78 is 19.1. The fourth-order valence-electron chi connectivity index (χ4n) is 2.97. The van der Waals surface area contributed by atoms with E-state index in [0.717, 1.165) is 22.9 Å². The van der Waals surface area contributed by atoms with E-state index in [0.29, 0.717) is 25.8 Å². The van der Waals surface area contributed by atoms with Gasteiger partial charge in [-0.15, -0.1) is 0 Å². The van der Waals surface area contributed by atoms with Crippen LogP contribution in [0, 0.1) is 5.82 Å². The Morgan fingerprint density at radius 2 is 1.84 bits per heavy atom. The van der Waals surface area contributed by atoms with Crippen molar-refractivity contribution >= 4 is 57.8 Å². The molecular formula is C23H16ClFN2O3S2. The first kappa shape index (κ1) is 22.3. The molecule has 32 heavy (non-hydrogen) atoms. The lowest BCUT2D eigenvalue weighted by molar-refractivity contribution is -0.128. The standard InChI is InChI=1S/C23H16ClFN2O3S2/c24-16-5-3-15(4-6-16)19-10-9-18(30-19)11-20-22(29)27(23(31)32-20)13-21(28)26-12-14-1-7-17(25)8-2-14/h1-11H,12-13H2,(H,26,28)/b20-11-. The van der Waals surface area contributed by atoms with Crippen LogP contribution in [0.1, 0.15) is 11.3 Å². The van der Waals surface area contributed by atoms with E-state index in [1.165, 1.54) is 17.0 Å². The van der Waals surface area contributed by atoms with Gasteiger partial charge in [0.2, 0.25) is 5.91 Å². The van der Waals surface area contributed by atoms with Crippen LogP contribution in [0.25, 0.3) is 17.4 Å². The van der Waals surface area contributed by atoms with Crippen LogP contribution in [-0.4, -0.2) is 27.6 Å². The molecule has 4 rings (SSSR count). The Labute approximate surface area is 198 Å². The number of furan rings is 1. The maximum absolute atomic E-state index is 13.0. The number of hydrogen-bond acceptors (Lipinski definition) is 5. The largest absolute Gasteiger partial charge is 0.457 e. The van der Waals surface area contributed by atoms with Crippen molar-refractivity contribution in [2.24, 2.45) is 0 Å². The van der Waals surface area contributed by atoms with E-state index in [1.807, 2.05) is 12.1 Å². The van der Waals surface area contributed by atoms with E-state index in [9.17, 15) is 14.0 Å². The summed E-state index contributed by atoms with van der Waals surface area (Å²) in [5, 5.41) is 3.34. The van der Waals surface area contributed by atoms with E-state index in [-0.39, 0.29) is 30.7 Å². The quantitative estimate of drug-likeness (QED) is 0.380. The Balaban J connectivity index is 1.39. The van der Waals surface area contributed by atoms with Gasteiger partial charge < -0.3 is 9.73 Å². The second-order valence-corrected chi connectivity index (χ2v) is 8.99. The fraction of sp³-hybridized carbons (Fsp3) is 0.0870. The molecule has 2 heterocycles. The monoisotopic (exact) mass is 486 g/mol. The molecule has 0 unspecified atom stereocenters. The molecule has 3 aromatic rings. The van der Waals surface area contributed by atoms with Crippen LogP contribution in [0.5, 0.6) is 0 Å². The highest BCUT2D eigenvalue weighted by Gasteiger charge is 2.33. The van der Waals surface area contributed by atoms with Crippen LogP contribution in [0.2, 0.25) is 5.02 Å². The Morgan fingerprint density at radius 1 is 1.12 bits per heavy atom. The topological polar surface area (TPSA) is 62.6 Å². The minimum absolute atomic E-state index is 0.197. The molecule has 5 nitrogen and oxygen atoms in total. The van der Waals surface area contributed by atoms with E-state index >= 15 is 0 Å². The summed E-state index contributed by atoms with van der Waals surface area (Å²) >= 11 is 12.3. The molecule has 1 N–H and O–H groups in total. The van der Waals surface area contributed by atoms with Crippen LogP contribution >= 0.6 is 35.6 Å². The van der Waals surface area contributed by atoms with Crippen LogP contribution in [0.4, 0.5) is 4.39 Å². The third-order valence-corrected chi connectivity index (χ3v) is 6.24. The van der Waals surface area contributed by atoms with Crippen LogP contribution in [0.15, 0.2) is 70.0 Å². The Morgan fingerprint density at radius 3 is 2.56 bits per heavy atom. The number of nitrogens with one attached hydrogen (secondary N) is 1. The van der Waals surface area contributed by atoms with E-state index in [1.54, 1.807) is 42.5 Å². The summed E-state index contributed by atoms with van der Waals surface area (Å²) in [7, 11) is 0. The van der Waals surface area contributed by atoms with E-state index in [4.69, 9.17) is 28.2 Å². The molecule has 1 aliphatic heterocycles. The van der Waals surface area contributed by atoms with Crippen molar-refractivity contribution in [1.82, 2.24) is 10.2 Å². The maximum atomic E-state index is 13.0. The smallest absolute Gasteiger partial charge is 0.266 e. The molecule has 0 radical (unpaired) electrons. The molecular weight excluding hydrogens is 471 g/mol. The first-order chi connectivity index (χ1) is 15.4. The Bertz CT molecular complexity index is 1210. The number of rotatable bonds is 6. The number of carbonyl (C=O) groups excluding carboxylic acids is 2. The Kier molecular flexibility index (Phi) is 6.74. The van der Waals surface area contributed by atoms with Crippen molar-refractivity contribution in [2.45, 2.75) is 6.54 Å². The third kappa shape index (κ3) is 5.27. The van der Waals surface area contributed by atoms with Crippen molar-refractivity contribution in [3.05, 3.63) is 87.7 Å². The van der Waals surface area contributed by atoms with Gasteiger partial charge in [0.1, 0.15) is 28.2 Å². The molecule has 1 aliphatic rings. The summed E-state index contributed by atoms with van der Waals surface area (Å²) in [5.41, 5.74) is 1.61. The first-order valence-electron chi connectivity index (χ1n) is 9.51. The lowest BCUT2D eigenvalue weighted by Crippen LogP contribution is -2.39. The zero-order valence-electron chi connectivity index (χ0n) is 16.5. The molecule has 0 bridgehead atoms. The molecule has 2 amide bonds. The highest BCUT2D eigenvalue weighted by atomic mass is 35.5. The number of hydrogen-bond donors (Lipinski definition) is 1. The van der Waals surface area contributed by atoms with Crippen molar-refractivity contribution in [3.63, 3.8) is 0 Å². The zero-order valence-corrected chi connectivity index (χ0v) is 18.9. The number of halogens is 2. The Hall–Kier alpha value is -2.94. The molecule has 0 spiro atoms. The molecule has 0 aliphatic carbocycles. The molecule has 0 saturated carbocycles. The highest BCUT2D eigenvalue weighted by molar-refractivity contribution is 8.26. The number of benzene rings is 2. The lowest BCUT2D eigenvalue weighted by atomic mass is 10.2. The van der Waals surface area contributed by atoms with Crippen molar-refractivity contribution in [1.29, 1.82) is 0 Å². The van der Waals surface area contributed by atoms with Gasteiger partial charge >= 0.3 is 0 Å². The van der Waals surface area contributed by atoms with Crippen LogP contribution < -0.4 is 5.32 Å². The first-order valence-corrected chi connectivity index (χ1v) is 11.1. The average molecular weight is 487 g/mol. The molecule has 2 aromatic carbocycles. The lowest BCUT2D eigenvalue weighted by Gasteiger charge is -2.14. The number of amides is 2. The zero-order chi connectivity index (χ0) is 22.7. The number of thiocarbonyl (C=S) groups is 1. The summed E-state index contributed by atoms with van der Waals surface area (Å²) in [6.07, 6.45) is 1.61. The normalized spacial score (nSPS) is 14.9.